The van der Waals surface area contributed by atoms with Gasteiger partial charge in [-0.2, -0.15) is 0 Å². The Morgan fingerprint density at radius 1 is 0.467 bits per heavy atom. The second-order valence-electron chi connectivity index (χ2n) is 16.1. The summed E-state index contributed by atoms with van der Waals surface area (Å²) in [7, 11) is -2.73. The summed E-state index contributed by atoms with van der Waals surface area (Å²) >= 11 is -2.95. The van der Waals surface area contributed by atoms with E-state index in [1.54, 1.807) is 19.2 Å². The van der Waals surface area contributed by atoms with Crippen molar-refractivity contribution in [3.8, 4) is 33.4 Å². The fourth-order valence-corrected chi connectivity index (χ4v) is 67.1. The van der Waals surface area contributed by atoms with Crippen LogP contribution in [0, 0.1) is 0 Å². The summed E-state index contributed by atoms with van der Waals surface area (Å²) in [6.07, 6.45) is 0. The molecule has 6 aromatic carbocycles. The normalized spacial score (nSPS) is 14.6. The van der Waals surface area contributed by atoms with Crippen LogP contribution in [0.25, 0.3) is 54.9 Å². The molecule has 0 bridgehead atoms. The molecule has 1 aliphatic heterocycles. The molecule has 0 spiro atoms. The van der Waals surface area contributed by atoms with Crippen LogP contribution in [0.2, 0.25) is 47.4 Å². The molecule has 0 amide bonds. The van der Waals surface area contributed by atoms with E-state index in [-0.39, 0.29) is 0 Å². The Morgan fingerprint density at radius 3 is 1.20 bits per heavy atom. The molecular weight excluding hydrogens is 679 g/mol. The molecule has 1 heterocycles. The van der Waals surface area contributed by atoms with E-state index < -0.39 is 34.5 Å². The number of benzene rings is 6. The van der Waals surface area contributed by atoms with Gasteiger partial charge in [-0.15, -0.1) is 0 Å². The minimum absolute atomic E-state index is 1.34. The Labute approximate surface area is 276 Å². The van der Waals surface area contributed by atoms with Crippen molar-refractivity contribution < 1.29 is 0 Å². The third kappa shape index (κ3) is 6.14. The minimum atomic E-state index is -2.95. The van der Waals surface area contributed by atoms with Crippen LogP contribution < -0.4 is 0 Å². The van der Waals surface area contributed by atoms with Crippen LogP contribution in [0.3, 0.4) is 0 Å². The van der Waals surface area contributed by atoms with Crippen LogP contribution in [0.4, 0.5) is 0 Å². The first-order valence-electron chi connectivity index (χ1n) is 16.7. The molecule has 226 valence electrons. The van der Waals surface area contributed by atoms with Gasteiger partial charge in [-0.1, -0.05) is 0 Å². The number of fused-ring (bicyclic) bond motifs is 7. The topological polar surface area (TPSA) is 0 Å². The predicted octanol–water partition coefficient (Wildman–Crippen LogP) is 12.4. The summed E-state index contributed by atoms with van der Waals surface area (Å²) < 4.78 is 5.77. The first-order valence-corrected chi connectivity index (χ1v) is 32.2. The zero-order valence-electron chi connectivity index (χ0n) is 27.9. The van der Waals surface area contributed by atoms with Gasteiger partial charge in [-0.3, -0.25) is 0 Å². The van der Waals surface area contributed by atoms with Crippen molar-refractivity contribution in [2.75, 3.05) is 0 Å². The molecular formula is C42H46Si2Sn. The van der Waals surface area contributed by atoms with Gasteiger partial charge in [0.2, 0.25) is 0 Å². The summed E-state index contributed by atoms with van der Waals surface area (Å²) in [6, 6.07) is 46.2. The van der Waals surface area contributed by atoms with Gasteiger partial charge in [0.05, 0.1) is 0 Å². The molecule has 1 aliphatic rings. The van der Waals surface area contributed by atoms with Crippen LogP contribution >= 0.6 is 0 Å². The molecule has 0 aromatic heterocycles. The summed E-state index contributed by atoms with van der Waals surface area (Å²) in [5, 5.41) is 5.56. The summed E-state index contributed by atoms with van der Waals surface area (Å²) in [5.41, 5.74) is 12.0. The molecule has 0 aliphatic carbocycles. The van der Waals surface area contributed by atoms with Crippen LogP contribution in [-0.2, 0) is 8.87 Å². The van der Waals surface area contributed by atoms with Crippen molar-refractivity contribution in [2.45, 2.75) is 56.3 Å². The molecule has 0 atom stereocenters. The van der Waals surface area contributed by atoms with Crippen LogP contribution in [0.15, 0.2) is 121 Å². The van der Waals surface area contributed by atoms with Gasteiger partial charge in [0.25, 0.3) is 0 Å². The predicted molar refractivity (Wildman–Crippen MR) is 207 cm³/mol. The molecule has 0 fully saturated rings. The molecule has 0 saturated heterocycles. The van der Waals surface area contributed by atoms with Crippen molar-refractivity contribution in [2.24, 2.45) is 0 Å². The van der Waals surface area contributed by atoms with E-state index in [9.17, 15) is 0 Å². The molecule has 0 nitrogen and oxygen atoms in total. The van der Waals surface area contributed by atoms with Gasteiger partial charge < -0.3 is 0 Å². The fourth-order valence-electron chi connectivity index (χ4n) is 8.84. The van der Waals surface area contributed by atoms with Gasteiger partial charge in [-0.05, 0) is 0 Å². The number of hydrogen-bond acceptors (Lipinski definition) is 0. The third-order valence-electron chi connectivity index (χ3n) is 9.65. The number of rotatable bonds is 6. The molecule has 3 heteroatoms. The Kier molecular flexibility index (Phi) is 7.99. The molecule has 0 N–H and O–H groups in total. The molecule has 45 heavy (non-hydrogen) atoms. The Hall–Kier alpha value is -2.93. The molecule has 0 unspecified atom stereocenters. The van der Waals surface area contributed by atoms with Crippen LogP contribution in [-0.4, -0.2) is 34.5 Å². The third-order valence-corrected chi connectivity index (χ3v) is 50.6. The maximum absolute atomic E-state index is 2.95. The van der Waals surface area contributed by atoms with Crippen molar-refractivity contribution in [3.05, 3.63) is 132 Å². The monoisotopic (exact) mass is 726 g/mol. The summed E-state index contributed by atoms with van der Waals surface area (Å²) in [6.45, 7) is 15.9. The van der Waals surface area contributed by atoms with E-state index >= 15 is 0 Å². The summed E-state index contributed by atoms with van der Waals surface area (Å²) in [5.74, 6) is 0. The van der Waals surface area contributed by atoms with Crippen LogP contribution in [0.5, 0.6) is 0 Å². The van der Waals surface area contributed by atoms with E-state index in [1.165, 1.54) is 63.8 Å². The average Bonchev–Trinajstić information content (AvgIpc) is 3.14. The van der Waals surface area contributed by atoms with E-state index in [0.29, 0.717) is 0 Å². The van der Waals surface area contributed by atoms with Crippen molar-refractivity contribution >= 4 is 56.1 Å². The second kappa shape index (κ2) is 11.7. The quantitative estimate of drug-likeness (QED) is 0.150. The second-order valence-corrected chi connectivity index (χ2v) is 43.6. The SMILES string of the molecule is C[Si](C)(C)[CH2][Sn]1([CH2][Si](C)(C)C)[CH2]c2c(-c3ccccc3)cc3ccccc3c2-c2c(c(-c3ccccc3)cc3ccccc23)[CH2]1. The standard InChI is InChI=1S/C34H24.2C4H11Si.Sn/c1-23-31(25-13-5-3-6-14-25)21-27-17-9-11-19-29(27)33(23)34-24(2)32(26-15-7-4-8-16-26)22-28-18-10-12-20-30(28)34;2*1-5(2,3)4;/h3-22H,1-2H2;2*1H2,2-4H3;. The van der Waals surface area contributed by atoms with Gasteiger partial charge in [0, 0.05) is 0 Å². The molecule has 0 radical (unpaired) electrons. The Morgan fingerprint density at radius 2 is 0.822 bits per heavy atom. The van der Waals surface area contributed by atoms with Gasteiger partial charge >= 0.3 is 278 Å². The van der Waals surface area contributed by atoms with E-state index in [2.05, 4.69) is 161 Å². The Bertz CT molecular complexity index is 1870. The maximum atomic E-state index is 2.65. The fraction of sp³-hybridized carbons (Fsp3) is 0.238. The van der Waals surface area contributed by atoms with E-state index in [1.807, 2.05) is 0 Å². The van der Waals surface area contributed by atoms with Crippen molar-refractivity contribution in [3.63, 3.8) is 0 Å². The van der Waals surface area contributed by atoms with E-state index in [4.69, 9.17) is 0 Å². The zero-order valence-corrected chi connectivity index (χ0v) is 32.7. The summed E-state index contributed by atoms with van der Waals surface area (Å²) in [4.78, 5) is 0. The zero-order chi connectivity index (χ0) is 31.4. The van der Waals surface area contributed by atoms with Gasteiger partial charge in [-0.25, -0.2) is 0 Å². The number of hydrogen-bond donors (Lipinski definition) is 0. The first kappa shape index (κ1) is 30.7. The van der Waals surface area contributed by atoms with Crippen molar-refractivity contribution in [1.29, 1.82) is 0 Å². The first-order chi connectivity index (χ1) is 21.5. The molecule has 7 rings (SSSR count). The van der Waals surface area contributed by atoms with Gasteiger partial charge in [0.1, 0.15) is 0 Å². The Balaban J connectivity index is 1.71. The average molecular weight is 726 g/mol. The van der Waals surface area contributed by atoms with Crippen molar-refractivity contribution in [1.82, 2.24) is 0 Å². The molecule has 0 saturated carbocycles. The van der Waals surface area contributed by atoms with Gasteiger partial charge in [0.15, 0.2) is 0 Å². The molecule has 6 aromatic rings. The van der Waals surface area contributed by atoms with Crippen LogP contribution in [0.1, 0.15) is 11.1 Å². The van der Waals surface area contributed by atoms with E-state index in [0.717, 1.165) is 0 Å².